The Balaban J connectivity index is 1.44. The smallest absolute Gasteiger partial charge is 0.238 e. The second-order valence-electron chi connectivity index (χ2n) is 8.11. The number of anilines is 1. The summed E-state index contributed by atoms with van der Waals surface area (Å²) in [5.74, 6) is -0.0402. The predicted octanol–water partition coefficient (Wildman–Crippen LogP) is 4.50. The number of amides is 1. The number of rotatable bonds is 5. The van der Waals surface area contributed by atoms with E-state index >= 15 is 0 Å². The van der Waals surface area contributed by atoms with Crippen molar-refractivity contribution in [2.24, 2.45) is 0 Å². The van der Waals surface area contributed by atoms with Crippen LogP contribution in [0.15, 0.2) is 23.6 Å². The number of carbonyl (C=O) groups is 1. The summed E-state index contributed by atoms with van der Waals surface area (Å²) in [6, 6.07) is 5.10. The van der Waals surface area contributed by atoms with Gasteiger partial charge in [0.15, 0.2) is 0 Å². The van der Waals surface area contributed by atoms with Crippen LogP contribution in [0.3, 0.4) is 0 Å². The predicted molar refractivity (Wildman–Crippen MR) is 118 cm³/mol. The van der Waals surface area contributed by atoms with Crippen molar-refractivity contribution in [3.8, 4) is 0 Å². The highest BCUT2D eigenvalue weighted by atomic mass is 35.5. The Morgan fingerprint density at radius 1 is 1.14 bits per heavy atom. The summed E-state index contributed by atoms with van der Waals surface area (Å²) in [6.07, 6.45) is 0. The number of halogens is 2. The minimum Gasteiger partial charge on any atom is -0.325 e. The maximum absolute atomic E-state index is 12.3. The van der Waals surface area contributed by atoms with E-state index < -0.39 is 0 Å². The lowest BCUT2D eigenvalue weighted by Crippen LogP contribution is -2.48. The molecule has 2 heterocycles. The third kappa shape index (κ3) is 5.91. The van der Waals surface area contributed by atoms with Gasteiger partial charge in [0, 0.05) is 42.7 Å². The maximum atomic E-state index is 12.3. The van der Waals surface area contributed by atoms with E-state index in [9.17, 15) is 4.79 Å². The van der Waals surface area contributed by atoms with Gasteiger partial charge < -0.3 is 5.32 Å². The number of benzene rings is 1. The molecule has 28 heavy (non-hydrogen) atoms. The summed E-state index contributed by atoms with van der Waals surface area (Å²) in [5.41, 5.74) is 1.91. The van der Waals surface area contributed by atoms with Gasteiger partial charge in [-0.2, -0.15) is 0 Å². The van der Waals surface area contributed by atoms with Crippen LogP contribution < -0.4 is 5.32 Å². The molecule has 0 radical (unpaired) electrons. The first-order valence-corrected chi connectivity index (χ1v) is 11.0. The molecule has 3 rings (SSSR count). The zero-order chi connectivity index (χ0) is 20.3. The molecule has 2 aromatic rings. The van der Waals surface area contributed by atoms with E-state index in [0.29, 0.717) is 22.3 Å². The third-order valence-electron chi connectivity index (χ3n) is 4.71. The van der Waals surface area contributed by atoms with Crippen molar-refractivity contribution in [3.05, 3.63) is 44.3 Å². The molecule has 8 heteroatoms. The van der Waals surface area contributed by atoms with E-state index in [-0.39, 0.29) is 11.3 Å². The molecule has 0 spiro atoms. The Morgan fingerprint density at radius 2 is 1.82 bits per heavy atom. The molecule has 0 aliphatic carbocycles. The van der Waals surface area contributed by atoms with Crippen LogP contribution in [0.1, 0.15) is 31.5 Å². The second kappa shape index (κ2) is 9.09. The normalized spacial score (nSPS) is 16.3. The number of aromatic nitrogens is 1. The summed E-state index contributed by atoms with van der Waals surface area (Å²) in [4.78, 5) is 21.7. The quantitative estimate of drug-likeness (QED) is 0.742. The molecule has 0 bridgehead atoms. The molecule has 0 saturated carbocycles. The number of nitrogens with zero attached hydrogens (tertiary/aromatic N) is 3. The van der Waals surface area contributed by atoms with E-state index in [1.54, 1.807) is 29.5 Å². The number of hydrogen-bond donors (Lipinski definition) is 1. The molecule has 1 aromatic carbocycles. The van der Waals surface area contributed by atoms with Crippen LogP contribution in [0.25, 0.3) is 0 Å². The van der Waals surface area contributed by atoms with Crippen LogP contribution >= 0.6 is 34.5 Å². The van der Waals surface area contributed by atoms with Gasteiger partial charge in [-0.15, -0.1) is 11.3 Å². The van der Waals surface area contributed by atoms with Gasteiger partial charge in [-0.3, -0.25) is 14.6 Å². The Kier molecular flexibility index (Phi) is 6.99. The van der Waals surface area contributed by atoms with Gasteiger partial charge in [0.1, 0.15) is 5.01 Å². The summed E-state index contributed by atoms with van der Waals surface area (Å²) < 4.78 is 0. The highest BCUT2D eigenvalue weighted by Crippen LogP contribution is 2.26. The number of nitrogens with one attached hydrogen (secondary N) is 1. The Bertz CT molecular complexity index is 826. The number of carbonyl (C=O) groups excluding carboxylic acids is 1. The van der Waals surface area contributed by atoms with Gasteiger partial charge in [-0.1, -0.05) is 44.0 Å². The molecule has 1 aliphatic heterocycles. The summed E-state index contributed by atoms with van der Waals surface area (Å²) in [6.45, 7) is 11.4. The molecule has 152 valence electrons. The topological polar surface area (TPSA) is 48.5 Å². The van der Waals surface area contributed by atoms with Crippen molar-refractivity contribution >= 4 is 46.1 Å². The second-order valence-corrected chi connectivity index (χ2v) is 9.86. The minimum atomic E-state index is -0.0402. The van der Waals surface area contributed by atoms with Crippen LogP contribution in [0.4, 0.5) is 5.69 Å². The van der Waals surface area contributed by atoms with Gasteiger partial charge in [-0.25, -0.2) is 4.98 Å². The first-order chi connectivity index (χ1) is 13.2. The van der Waals surface area contributed by atoms with Crippen LogP contribution in [-0.2, 0) is 16.8 Å². The standard InChI is InChI=1S/C20H26Cl2N4OS/c1-20(2,3)17-13-28-19(24-17)12-26-8-6-25(7-9-26)11-18(27)23-14-4-5-15(21)16(22)10-14/h4-5,10,13H,6-9,11-12H2,1-3H3,(H,23,27). The third-order valence-corrected chi connectivity index (χ3v) is 6.29. The molecule has 0 unspecified atom stereocenters. The van der Waals surface area contributed by atoms with Crippen molar-refractivity contribution < 1.29 is 4.79 Å². The molecular weight excluding hydrogens is 415 g/mol. The molecule has 0 atom stereocenters. The SMILES string of the molecule is CC(C)(C)c1csc(CN2CCN(CC(=O)Nc3ccc(Cl)c(Cl)c3)CC2)n1. The fourth-order valence-corrected chi connectivity index (χ4v) is 4.36. The molecule has 1 aromatic heterocycles. The van der Waals surface area contributed by atoms with Crippen LogP contribution in [-0.4, -0.2) is 53.4 Å². The monoisotopic (exact) mass is 440 g/mol. The molecule has 1 aliphatic rings. The lowest BCUT2D eigenvalue weighted by molar-refractivity contribution is -0.117. The molecule has 5 nitrogen and oxygen atoms in total. The van der Waals surface area contributed by atoms with E-state index in [1.807, 2.05) is 0 Å². The molecule has 1 saturated heterocycles. The molecular formula is C20H26Cl2N4OS. The maximum Gasteiger partial charge on any atom is 0.238 e. The van der Waals surface area contributed by atoms with Crippen molar-refractivity contribution in [3.63, 3.8) is 0 Å². The minimum absolute atomic E-state index is 0.0402. The molecule has 1 N–H and O–H groups in total. The van der Waals surface area contributed by atoms with E-state index in [1.165, 1.54) is 0 Å². The van der Waals surface area contributed by atoms with Crippen LogP contribution in [0.5, 0.6) is 0 Å². The van der Waals surface area contributed by atoms with Gasteiger partial charge in [0.25, 0.3) is 0 Å². The van der Waals surface area contributed by atoms with Gasteiger partial charge in [-0.05, 0) is 18.2 Å². The lowest BCUT2D eigenvalue weighted by atomic mass is 9.93. The highest BCUT2D eigenvalue weighted by molar-refractivity contribution is 7.09. The number of piperazine rings is 1. The number of thiazole rings is 1. The average molecular weight is 441 g/mol. The zero-order valence-corrected chi connectivity index (χ0v) is 18.8. The van der Waals surface area contributed by atoms with Gasteiger partial charge in [0.2, 0.25) is 5.91 Å². The van der Waals surface area contributed by atoms with Crippen LogP contribution in [0.2, 0.25) is 10.0 Å². The summed E-state index contributed by atoms with van der Waals surface area (Å²) in [5, 5.41) is 7.12. The first-order valence-electron chi connectivity index (χ1n) is 9.35. The summed E-state index contributed by atoms with van der Waals surface area (Å²) >= 11 is 13.6. The van der Waals surface area contributed by atoms with E-state index in [2.05, 4.69) is 41.3 Å². The lowest BCUT2D eigenvalue weighted by Gasteiger charge is -2.33. The Morgan fingerprint density at radius 3 is 2.43 bits per heavy atom. The fourth-order valence-electron chi connectivity index (χ4n) is 3.00. The average Bonchev–Trinajstić information content (AvgIpc) is 3.09. The van der Waals surface area contributed by atoms with E-state index in [4.69, 9.17) is 28.2 Å². The van der Waals surface area contributed by atoms with E-state index in [0.717, 1.165) is 43.4 Å². The van der Waals surface area contributed by atoms with Crippen molar-refractivity contribution in [1.29, 1.82) is 0 Å². The van der Waals surface area contributed by atoms with Crippen LogP contribution in [0, 0.1) is 0 Å². The van der Waals surface area contributed by atoms with Crippen molar-refractivity contribution in [2.45, 2.75) is 32.7 Å². The highest BCUT2D eigenvalue weighted by Gasteiger charge is 2.22. The Labute approximate surface area is 180 Å². The largest absolute Gasteiger partial charge is 0.325 e. The zero-order valence-electron chi connectivity index (χ0n) is 16.5. The van der Waals surface area contributed by atoms with Crippen molar-refractivity contribution in [2.75, 3.05) is 38.0 Å². The number of hydrogen-bond acceptors (Lipinski definition) is 5. The summed E-state index contributed by atoms with van der Waals surface area (Å²) in [7, 11) is 0. The van der Waals surface area contributed by atoms with Gasteiger partial charge >= 0.3 is 0 Å². The molecule has 1 amide bonds. The van der Waals surface area contributed by atoms with Crippen molar-refractivity contribution in [1.82, 2.24) is 14.8 Å². The fraction of sp³-hybridized carbons (Fsp3) is 0.500. The first kappa shape index (κ1) is 21.5. The molecule has 1 fully saturated rings. The van der Waals surface area contributed by atoms with Gasteiger partial charge in [0.05, 0.1) is 28.8 Å². The Hall–Kier alpha value is -1.18.